The minimum Gasteiger partial charge on any atom is -0.243 e. The van der Waals surface area contributed by atoms with Gasteiger partial charge < -0.3 is 0 Å². The lowest BCUT2D eigenvalue weighted by molar-refractivity contribution is -0.667. The van der Waals surface area contributed by atoms with Gasteiger partial charge in [-0.15, -0.1) is 0 Å². The highest BCUT2D eigenvalue weighted by molar-refractivity contribution is 5.74. The van der Waals surface area contributed by atoms with Gasteiger partial charge in [0.2, 0.25) is 11.4 Å². The molecule has 136 valence electrons. The number of hydrogen-bond acceptors (Lipinski definition) is 1. The molecule has 3 aromatic rings. The summed E-state index contributed by atoms with van der Waals surface area (Å²) in [6.45, 7) is 4.35. The first-order chi connectivity index (χ1) is 13.1. The van der Waals surface area contributed by atoms with Crippen LogP contribution in [0.4, 0.5) is 0 Å². The summed E-state index contributed by atoms with van der Waals surface area (Å²) in [7, 11) is 2.21. The van der Waals surface area contributed by atoms with E-state index in [4.69, 9.17) is 4.98 Å². The van der Waals surface area contributed by atoms with E-state index in [-0.39, 0.29) is 0 Å². The Morgan fingerprint density at radius 3 is 2.63 bits per heavy atom. The maximum Gasteiger partial charge on any atom is 0.231 e. The first-order valence-corrected chi connectivity index (χ1v) is 10.2. The molecule has 0 bridgehead atoms. The summed E-state index contributed by atoms with van der Waals surface area (Å²) in [5, 5.41) is 0. The zero-order valence-electron chi connectivity index (χ0n) is 16.5. The van der Waals surface area contributed by atoms with Gasteiger partial charge in [0.05, 0.1) is 12.0 Å². The van der Waals surface area contributed by atoms with E-state index in [0.29, 0.717) is 0 Å². The van der Waals surface area contributed by atoms with Crippen molar-refractivity contribution in [2.75, 3.05) is 0 Å². The van der Waals surface area contributed by atoms with Crippen LogP contribution in [0.25, 0.3) is 22.5 Å². The number of rotatable bonds is 2. The number of benzene rings is 2. The van der Waals surface area contributed by atoms with Crippen molar-refractivity contribution in [3.63, 3.8) is 0 Å². The van der Waals surface area contributed by atoms with E-state index in [2.05, 4.69) is 68.1 Å². The predicted molar refractivity (Wildman–Crippen MR) is 110 cm³/mol. The average molecular weight is 356 g/mol. The van der Waals surface area contributed by atoms with Gasteiger partial charge in [-0.2, -0.15) is 4.57 Å². The van der Waals surface area contributed by atoms with Crippen LogP contribution in [-0.4, -0.2) is 4.98 Å². The largest absolute Gasteiger partial charge is 0.243 e. The molecular weight excluding hydrogens is 328 g/mol. The number of nitrogens with zero attached hydrogens (tertiary/aromatic N) is 2. The van der Waals surface area contributed by atoms with E-state index in [1.54, 1.807) is 5.56 Å². The normalized spacial score (nSPS) is 15.8. The summed E-state index contributed by atoms with van der Waals surface area (Å²) in [6.07, 6.45) is 8.53. The van der Waals surface area contributed by atoms with Gasteiger partial charge in [-0.05, 0) is 55.4 Å². The molecule has 0 saturated heterocycles. The molecule has 2 aliphatic carbocycles. The van der Waals surface area contributed by atoms with Crippen LogP contribution in [-0.2, 0) is 13.5 Å². The minimum atomic E-state index is 0.748. The Hall–Kier alpha value is -2.48. The summed E-state index contributed by atoms with van der Waals surface area (Å²) >= 11 is 0. The number of aromatic nitrogens is 2. The second-order valence-corrected chi connectivity index (χ2v) is 8.35. The van der Waals surface area contributed by atoms with Crippen LogP contribution < -0.4 is 4.57 Å². The van der Waals surface area contributed by atoms with E-state index < -0.39 is 0 Å². The van der Waals surface area contributed by atoms with Crippen LogP contribution in [0, 0.1) is 13.8 Å². The van der Waals surface area contributed by atoms with Crippen LogP contribution in [0.3, 0.4) is 0 Å². The summed E-state index contributed by atoms with van der Waals surface area (Å²) in [4.78, 5) is 4.96. The molecule has 2 aliphatic rings. The van der Waals surface area contributed by atoms with Gasteiger partial charge in [0.1, 0.15) is 18.9 Å². The second-order valence-electron chi connectivity index (χ2n) is 8.35. The molecule has 0 amide bonds. The van der Waals surface area contributed by atoms with Crippen molar-refractivity contribution in [2.24, 2.45) is 7.05 Å². The Labute approximate surface area is 161 Å². The molecule has 0 atom stereocenters. The van der Waals surface area contributed by atoms with Crippen molar-refractivity contribution < 1.29 is 4.57 Å². The van der Waals surface area contributed by atoms with Crippen LogP contribution in [0.5, 0.6) is 0 Å². The van der Waals surface area contributed by atoms with Crippen LogP contribution in [0.2, 0.25) is 0 Å². The number of aryl methyl sites for hydroxylation is 2. The van der Waals surface area contributed by atoms with Gasteiger partial charge in [0.15, 0.2) is 0 Å². The summed E-state index contributed by atoms with van der Waals surface area (Å²) in [5.41, 5.74) is 12.1. The zero-order valence-corrected chi connectivity index (χ0v) is 16.5. The molecule has 0 aliphatic heterocycles. The molecule has 1 aromatic heterocycles. The average Bonchev–Trinajstić information content (AvgIpc) is 3.32. The van der Waals surface area contributed by atoms with E-state index in [1.165, 1.54) is 70.6 Å². The van der Waals surface area contributed by atoms with Gasteiger partial charge in [0, 0.05) is 5.56 Å². The van der Waals surface area contributed by atoms with Gasteiger partial charge >= 0.3 is 0 Å². The molecule has 2 nitrogen and oxygen atoms in total. The molecule has 0 radical (unpaired) electrons. The molecule has 0 N–H and O–H groups in total. The Bertz CT molecular complexity index is 1040. The highest BCUT2D eigenvalue weighted by atomic mass is 15.0. The molecule has 2 heteroatoms. The standard InChI is InChI=1S/C25H27N2/c1-16-11-12-17(2)21(13-16)24-15-26-25-20-10-6-9-19(18-7-4-5-8-18)22(20)14-23(25)27(24)3/h6,9-13,15,18H,4-5,7-8,14H2,1-3H3/q+1. The lowest BCUT2D eigenvalue weighted by Crippen LogP contribution is -2.36. The third-order valence-corrected chi connectivity index (χ3v) is 6.63. The van der Waals surface area contributed by atoms with E-state index in [9.17, 15) is 0 Å². The molecule has 2 aromatic carbocycles. The van der Waals surface area contributed by atoms with Gasteiger partial charge in [-0.3, -0.25) is 0 Å². The van der Waals surface area contributed by atoms with Crippen molar-refractivity contribution in [1.29, 1.82) is 0 Å². The molecule has 0 unspecified atom stereocenters. The first kappa shape index (κ1) is 16.7. The third kappa shape index (κ3) is 2.62. The lowest BCUT2D eigenvalue weighted by atomic mass is 9.90. The highest BCUT2D eigenvalue weighted by Gasteiger charge is 2.33. The van der Waals surface area contributed by atoms with Crippen molar-refractivity contribution in [3.8, 4) is 22.5 Å². The summed E-state index contributed by atoms with van der Waals surface area (Å²) in [5.74, 6) is 0.748. The van der Waals surface area contributed by atoms with Crippen LogP contribution >= 0.6 is 0 Å². The van der Waals surface area contributed by atoms with Crippen LogP contribution in [0.1, 0.15) is 59.5 Å². The van der Waals surface area contributed by atoms with Crippen molar-refractivity contribution in [3.05, 3.63) is 70.5 Å². The fraction of sp³-hybridized carbons (Fsp3) is 0.360. The van der Waals surface area contributed by atoms with Crippen LogP contribution in [0.15, 0.2) is 42.6 Å². The Morgan fingerprint density at radius 2 is 1.81 bits per heavy atom. The number of hydrogen-bond donors (Lipinski definition) is 0. The minimum absolute atomic E-state index is 0.748. The molecular formula is C25H27N2+. The Balaban J connectivity index is 1.63. The first-order valence-electron chi connectivity index (χ1n) is 10.2. The monoisotopic (exact) mass is 355 g/mol. The quantitative estimate of drug-likeness (QED) is 0.439. The van der Waals surface area contributed by atoms with E-state index >= 15 is 0 Å². The fourth-order valence-electron chi connectivity index (χ4n) is 5.09. The van der Waals surface area contributed by atoms with Gasteiger partial charge in [0.25, 0.3) is 0 Å². The molecule has 27 heavy (non-hydrogen) atoms. The second kappa shape index (κ2) is 6.30. The van der Waals surface area contributed by atoms with E-state index in [0.717, 1.165) is 12.3 Å². The maximum atomic E-state index is 4.96. The summed E-state index contributed by atoms with van der Waals surface area (Å²) in [6, 6.07) is 13.6. The SMILES string of the molecule is Cc1ccc(C)c(-c2cnc3c([n+]2C)Cc2c-3cccc2C2CCCC2)c1. The molecule has 5 rings (SSSR count). The summed E-state index contributed by atoms with van der Waals surface area (Å²) < 4.78 is 2.38. The topological polar surface area (TPSA) is 16.8 Å². The van der Waals surface area contributed by atoms with Gasteiger partial charge in [-0.1, -0.05) is 48.7 Å². The van der Waals surface area contributed by atoms with Gasteiger partial charge in [-0.25, -0.2) is 4.98 Å². The molecule has 1 saturated carbocycles. The maximum absolute atomic E-state index is 4.96. The third-order valence-electron chi connectivity index (χ3n) is 6.63. The van der Waals surface area contributed by atoms with Crippen molar-refractivity contribution in [1.82, 2.24) is 4.98 Å². The molecule has 1 fully saturated rings. The number of fused-ring (bicyclic) bond motifs is 3. The molecule has 0 spiro atoms. The van der Waals surface area contributed by atoms with E-state index in [1.807, 2.05) is 0 Å². The Kier molecular flexibility index (Phi) is 3.89. The lowest BCUT2D eigenvalue weighted by Gasteiger charge is -2.13. The van der Waals surface area contributed by atoms with Crippen molar-refractivity contribution >= 4 is 0 Å². The highest BCUT2D eigenvalue weighted by Crippen LogP contribution is 2.43. The van der Waals surface area contributed by atoms with Crippen molar-refractivity contribution in [2.45, 2.75) is 51.9 Å². The smallest absolute Gasteiger partial charge is 0.231 e. The zero-order chi connectivity index (χ0) is 18.5. The Morgan fingerprint density at radius 1 is 1.00 bits per heavy atom. The predicted octanol–water partition coefficient (Wildman–Crippen LogP) is 5.42. The molecule has 1 heterocycles. The fourth-order valence-corrected chi connectivity index (χ4v) is 5.09.